The molecule has 0 aromatic rings. The standard InChI is InChI=1S/C11H22N2O/c1-8-6-10(12)11(13-7-8)9-2-4-14-5-3-9/h8-11,13H,2-7,12H2,1H3. The van der Waals surface area contributed by atoms with Crippen molar-refractivity contribution in [2.45, 2.75) is 38.3 Å². The van der Waals surface area contributed by atoms with E-state index in [-0.39, 0.29) is 0 Å². The highest BCUT2D eigenvalue weighted by atomic mass is 16.5. The summed E-state index contributed by atoms with van der Waals surface area (Å²) in [6, 6.07) is 0.886. The zero-order valence-electron chi connectivity index (χ0n) is 9.04. The Bertz CT molecular complexity index is 180. The van der Waals surface area contributed by atoms with E-state index in [0.717, 1.165) is 31.6 Å². The van der Waals surface area contributed by atoms with Gasteiger partial charge in [-0.2, -0.15) is 0 Å². The minimum Gasteiger partial charge on any atom is -0.381 e. The Morgan fingerprint density at radius 2 is 2.00 bits per heavy atom. The molecule has 2 aliphatic rings. The van der Waals surface area contributed by atoms with Crippen LogP contribution in [0, 0.1) is 11.8 Å². The molecule has 3 nitrogen and oxygen atoms in total. The van der Waals surface area contributed by atoms with Gasteiger partial charge in [-0.1, -0.05) is 6.92 Å². The first kappa shape index (κ1) is 10.4. The average molecular weight is 198 g/mol. The number of ether oxygens (including phenoxy) is 1. The first-order chi connectivity index (χ1) is 6.77. The summed E-state index contributed by atoms with van der Waals surface area (Å²) in [5.41, 5.74) is 6.20. The maximum absolute atomic E-state index is 6.20. The Kier molecular flexibility index (Phi) is 3.42. The second kappa shape index (κ2) is 4.60. The normalized spacial score (nSPS) is 41.1. The number of piperidine rings is 1. The lowest BCUT2D eigenvalue weighted by molar-refractivity contribution is 0.0440. The van der Waals surface area contributed by atoms with E-state index >= 15 is 0 Å². The SMILES string of the molecule is CC1CNC(C2CCOCC2)C(N)C1. The number of nitrogens with one attached hydrogen (secondary N) is 1. The fourth-order valence-corrected chi connectivity index (χ4v) is 2.77. The zero-order valence-corrected chi connectivity index (χ0v) is 9.04. The van der Waals surface area contributed by atoms with Gasteiger partial charge in [0.1, 0.15) is 0 Å². The highest BCUT2D eigenvalue weighted by molar-refractivity contribution is 4.91. The van der Waals surface area contributed by atoms with Crippen LogP contribution in [0.4, 0.5) is 0 Å². The van der Waals surface area contributed by atoms with Crippen molar-refractivity contribution in [2.75, 3.05) is 19.8 Å². The molecule has 0 bridgehead atoms. The Hall–Kier alpha value is -0.120. The van der Waals surface area contributed by atoms with E-state index in [0.29, 0.717) is 12.1 Å². The summed E-state index contributed by atoms with van der Waals surface area (Å²) >= 11 is 0. The molecule has 14 heavy (non-hydrogen) atoms. The van der Waals surface area contributed by atoms with Gasteiger partial charge in [0.25, 0.3) is 0 Å². The highest BCUT2D eigenvalue weighted by Crippen LogP contribution is 2.25. The zero-order chi connectivity index (χ0) is 9.97. The molecule has 2 heterocycles. The Morgan fingerprint density at radius 3 is 2.64 bits per heavy atom. The predicted molar refractivity (Wildman–Crippen MR) is 57.1 cm³/mol. The molecule has 3 atom stereocenters. The van der Waals surface area contributed by atoms with E-state index in [1.807, 2.05) is 0 Å². The van der Waals surface area contributed by atoms with Crippen LogP contribution in [0.25, 0.3) is 0 Å². The molecule has 3 heteroatoms. The Labute approximate surface area is 86.4 Å². The van der Waals surface area contributed by atoms with Crippen molar-refractivity contribution in [3.05, 3.63) is 0 Å². The van der Waals surface area contributed by atoms with Crippen molar-refractivity contribution in [1.82, 2.24) is 5.32 Å². The highest BCUT2D eigenvalue weighted by Gasteiger charge is 2.32. The molecule has 2 saturated heterocycles. The van der Waals surface area contributed by atoms with Crippen LogP contribution in [0.5, 0.6) is 0 Å². The fraction of sp³-hybridized carbons (Fsp3) is 1.00. The van der Waals surface area contributed by atoms with Crippen molar-refractivity contribution in [3.8, 4) is 0 Å². The van der Waals surface area contributed by atoms with Crippen LogP contribution in [0.2, 0.25) is 0 Å². The fourth-order valence-electron chi connectivity index (χ4n) is 2.77. The molecule has 2 aliphatic heterocycles. The maximum atomic E-state index is 6.20. The summed E-state index contributed by atoms with van der Waals surface area (Å²) in [6.45, 7) is 5.25. The van der Waals surface area contributed by atoms with E-state index in [9.17, 15) is 0 Å². The molecule has 0 aromatic carbocycles. The first-order valence-corrected chi connectivity index (χ1v) is 5.84. The number of hydrogen-bond acceptors (Lipinski definition) is 3. The van der Waals surface area contributed by atoms with Crippen molar-refractivity contribution in [1.29, 1.82) is 0 Å². The van der Waals surface area contributed by atoms with E-state index in [4.69, 9.17) is 10.5 Å². The van der Waals surface area contributed by atoms with E-state index < -0.39 is 0 Å². The monoisotopic (exact) mass is 198 g/mol. The minimum absolute atomic E-state index is 0.349. The van der Waals surface area contributed by atoms with Crippen molar-refractivity contribution in [3.63, 3.8) is 0 Å². The second-order valence-electron chi connectivity index (χ2n) is 4.89. The summed E-state index contributed by atoms with van der Waals surface area (Å²) < 4.78 is 5.38. The van der Waals surface area contributed by atoms with Gasteiger partial charge in [0, 0.05) is 25.3 Å². The van der Waals surface area contributed by atoms with Gasteiger partial charge in [-0.25, -0.2) is 0 Å². The van der Waals surface area contributed by atoms with Gasteiger partial charge in [0.2, 0.25) is 0 Å². The van der Waals surface area contributed by atoms with Crippen LogP contribution in [0.1, 0.15) is 26.2 Å². The molecule has 0 aliphatic carbocycles. The van der Waals surface area contributed by atoms with Crippen LogP contribution in [-0.2, 0) is 4.74 Å². The van der Waals surface area contributed by atoms with Crippen LogP contribution in [0.3, 0.4) is 0 Å². The Balaban J connectivity index is 1.89. The third-order valence-corrected chi connectivity index (χ3v) is 3.61. The second-order valence-corrected chi connectivity index (χ2v) is 4.89. The van der Waals surface area contributed by atoms with Crippen LogP contribution in [0.15, 0.2) is 0 Å². The summed E-state index contributed by atoms with van der Waals surface area (Å²) in [5, 5.41) is 3.61. The largest absolute Gasteiger partial charge is 0.381 e. The number of rotatable bonds is 1. The van der Waals surface area contributed by atoms with Crippen LogP contribution >= 0.6 is 0 Å². The third kappa shape index (κ3) is 2.27. The molecule has 0 radical (unpaired) electrons. The van der Waals surface area contributed by atoms with Crippen LogP contribution < -0.4 is 11.1 Å². The Morgan fingerprint density at radius 1 is 1.29 bits per heavy atom. The minimum atomic E-state index is 0.349. The van der Waals surface area contributed by atoms with Crippen molar-refractivity contribution in [2.24, 2.45) is 17.6 Å². The van der Waals surface area contributed by atoms with Gasteiger partial charge < -0.3 is 15.8 Å². The van der Waals surface area contributed by atoms with Crippen molar-refractivity contribution >= 4 is 0 Å². The molecule has 3 N–H and O–H groups in total. The van der Waals surface area contributed by atoms with Gasteiger partial charge in [-0.05, 0) is 37.6 Å². The quantitative estimate of drug-likeness (QED) is 0.653. The van der Waals surface area contributed by atoms with Gasteiger partial charge in [0.15, 0.2) is 0 Å². The summed E-state index contributed by atoms with van der Waals surface area (Å²) in [7, 11) is 0. The lowest BCUT2D eigenvalue weighted by Gasteiger charge is -2.40. The molecule has 3 unspecified atom stereocenters. The van der Waals surface area contributed by atoms with Gasteiger partial charge >= 0.3 is 0 Å². The molecule has 2 rings (SSSR count). The molecular weight excluding hydrogens is 176 g/mol. The van der Waals surface area contributed by atoms with E-state index in [1.54, 1.807) is 0 Å². The first-order valence-electron chi connectivity index (χ1n) is 5.84. The maximum Gasteiger partial charge on any atom is 0.0469 e. The summed E-state index contributed by atoms with van der Waals surface area (Å²) in [4.78, 5) is 0. The van der Waals surface area contributed by atoms with Gasteiger partial charge in [-0.15, -0.1) is 0 Å². The lowest BCUT2D eigenvalue weighted by atomic mass is 9.81. The van der Waals surface area contributed by atoms with Gasteiger partial charge in [0.05, 0.1) is 0 Å². The molecule has 0 saturated carbocycles. The predicted octanol–water partition coefficient (Wildman–Crippen LogP) is 0.738. The lowest BCUT2D eigenvalue weighted by Crippen LogP contribution is -2.56. The van der Waals surface area contributed by atoms with E-state index in [2.05, 4.69) is 12.2 Å². The molecule has 0 spiro atoms. The summed E-state index contributed by atoms with van der Waals surface area (Å²) in [5.74, 6) is 1.48. The molecule has 2 fully saturated rings. The molecular formula is C11H22N2O. The van der Waals surface area contributed by atoms with Crippen LogP contribution in [-0.4, -0.2) is 31.8 Å². The summed E-state index contributed by atoms with van der Waals surface area (Å²) in [6.07, 6.45) is 3.54. The molecule has 0 amide bonds. The number of hydrogen-bond donors (Lipinski definition) is 2. The molecule has 82 valence electrons. The number of nitrogens with two attached hydrogens (primary N) is 1. The van der Waals surface area contributed by atoms with E-state index in [1.165, 1.54) is 19.3 Å². The smallest absolute Gasteiger partial charge is 0.0469 e. The van der Waals surface area contributed by atoms with Crippen molar-refractivity contribution < 1.29 is 4.74 Å². The topological polar surface area (TPSA) is 47.3 Å². The third-order valence-electron chi connectivity index (χ3n) is 3.61. The average Bonchev–Trinajstić information content (AvgIpc) is 2.19. The van der Waals surface area contributed by atoms with Gasteiger partial charge in [-0.3, -0.25) is 0 Å². The molecule has 0 aromatic heterocycles.